The van der Waals surface area contributed by atoms with E-state index in [1.165, 1.54) is 13.0 Å². The first-order chi connectivity index (χ1) is 9.04. The second kappa shape index (κ2) is 5.30. The zero-order valence-electron chi connectivity index (χ0n) is 10.1. The summed E-state index contributed by atoms with van der Waals surface area (Å²) in [6.45, 7) is 1.32. The lowest BCUT2D eigenvalue weighted by atomic mass is 10.1. The lowest BCUT2D eigenvalue weighted by Crippen LogP contribution is -2.01. The van der Waals surface area contributed by atoms with Crippen LogP contribution in [0.1, 0.15) is 12.5 Å². The average Bonchev–Trinajstić information content (AvgIpc) is 2.66. The molecule has 1 aromatic rings. The van der Waals surface area contributed by atoms with Crippen LogP contribution in [-0.4, -0.2) is 17.9 Å². The van der Waals surface area contributed by atoms with Crippen LogP contribution in [0.15, 0.2) is 42.0 Å². The predicted octanol–water partition coefficient (Wildman–Crippen LogP) is 1.63. The molecule has 0 amide bonds. The summed E-state index contributed by atoms with van der Waals surface area (Å²) < 4.78 is 9.23. The Kier molecular flexibility index (Phi) is 3.56. The number of hydrogen-bond donors (Lipinski definition) is 0. The smallest absolute Gasteiger partial charge is 0.346 e. The van der Waals surface area contributed by atoms with Gasteiger partial charge in [0.15, 0.2) is 0 Å². The van der Waals surface area contributed by atoms with Gasteiger partial charge in [0.1, 0.15) is 5.75 Å². The van der Waals surface area contributed by atoms with E-state index in [2.05, 4.69) is 4.74 Å². The molecule has 0 atom stereocenters. The first kappa shape index (κ1) is 12.8. The van der Waals surface area contributed by atoms with E-state index >= 15 is 0 Å². The number of carbonyl (C=O) groups excluding carboxylic acids is 3. The van der Waals surface area contributed by atoms with Gasteiger partial charge in [0, 0.05) is 13.0 Å². The minimum atomic E-state index is -0.658. The molecule has 5 nitrogen and oxygen atoms in total. The van der Waals surface area contributed by atoms with Crippen LogP contribution in [0.25, 0.3) is 6.08 Å². The molecule has 19 heavy (non-hydrogen) atoms. The van der Waals surface area contributed by atoms with Gasteiger partial charge in [-0.15, -0.1) is 0 Å². The third-order valence-electron chi connectivity index (χ3n) is 2.30. The molecular weight excluding hydrogens is 248 g/mol. The van der Waals surface area contributed by atoms with Crippen molar-refractivity contribution in [1.82, 2.24) is 0 Å². The molecule has 1 aliphatic rings. The van der Waals surface area contributed by atoms with Gasteiger partial charge in [-0.25, -0.2) is 9.59 Å². The first-order valence-corrected chi connectivity index (χ1v) is 5.49. The maximum absolute atomic E-state index is 11.2. The van der Waals surface area contributed by atoms with Gasteiger partial charge in [-0.2, -0.15) is 0 Å². The van der Waals surface area contributed by atoms with Crippen LogP contribution in [0, 0.1) is 0 Å². The largest absolute Gasteiger partial charge is 0.427 e. The number of cyclic esters (lactones) is 2. The van der Waals surface area contributed by atoms with Crippen LogP contribution < -0.4 is 4.74 Å². The zero-order valence-corrected chi connectivity index (χ0v) is 10.1. The van der Waals surface area contributed by atoms with E-state index in [9.17, 15) is 14.4 Å². The lowest BCUT2D eigenvalue weighted by Gasteiger charge is -2.00. The molecule has 0 aliphatic carbocycles. The molecule has 0 spiro atoms. The van der Waals surface area contributed by atoms with Gasteiger partial charge in [-0.05, 0) is 23.8 Å². The van der Waals surface area contributed by atoms with E-state index < -0.39 is 11.9 Å². The van der Waals surface area contributed by atoms with E-state index in [1.54, 1.807) is 30.3 Å². The third kappa shape index (κ3) is 3.38. The molecule has 5 heteroatoms. The Hall–Kier alpha value is -2.69. The summed E-state index contributed by atoms with van der Waals surface area (Å²) >= 11 is 0. The van der Waals surface area contributed by atoms with Crippen LogP contribution in [0.5, 0.6) is 5.75 Å². The lowest BCUT2D eigenvalue weighted by molar-refractivity contribution is -0.150. The Bertz CT molecular complexity index is 593. The fourth-order valence-electron chi connectivity index (χ4n) is 1.48. The Balaban J connectivity index is 2.07. The van der Waals surface area contributed by atoms with E-state index in [1.807, 2.05) is 0 Å². The summed E-state index contributed by atoms with van der Waals surface area (Å²) in [5.41, 5.74) is 0.998. The number of rotatable bonds is 3. The van der Waals surface area contributed by atoms with Crippen LogP contribution in [0.4, 0.5) is 0 Å². The SMILES string of the molecule is CC(=O)Oc1ccc(/C=C/C2=CC(=O)OC2=O)cc1. The van der Waals surface area contributed by atoms with Crippen LogP contribution in [0.2, 0.25) is 0 Å². The molecule has 1 aromatic carbocycles. The topological polar surface area (TPSA) is 69.7 Å². The highest BCUT2D eigenvalue weighted by atomic mass is 16.6. The van der Waals surface area contributed by atoms with E-state index in [0.717, 1.165) is 11.6 Å². The van der Waals surface area contributed by atoms with Gasteiger partial charge in [0.25, 0.3) is 0 Å². The van der Waals surface area contributed by atoms with Gasteiger partial charge in [-0.3, -0.25) is 4.79 Å². The van der Waals surface area contributed by atoms with Crippen molar-refractivity contribution >= 4 is 24.0 Å². The van der Waals surface area contributed by atoms with E-state index in [-0.39, 0.29) is 11.5 Å². The molecule has 0 fully saturated rings. The predicted molar refractivity (Wildman–Crippen MR) is 66.0 cm³/mol. The average molecular weight is 258 g/mol. The van der Waals surface area contributed by atoms with Gasteiger partial charge in [0.05, 0.1) is 5.57 Å². The number of benzene rings is 1. The van der Waals surface area contributed by atoms with Crippen LogP contribution in [0.3, 0.4) is 0 Å². The molecule has 0 N–H and O–H groups in total. The zero-order chi connectivity index (χ0) is 13.8. The second-order valence-electron chi connectivity index (χ2n) is 3.80. The van der Waals surface area contributed by atoms with Crippen molar-refractivity contribution in [1.29, 1.82) is 0 Å². The molecule has 1 aliphatic heterocycles. The Morgan fingerprint density at radius 1 is 1.16 bits per heavy atom. The molecule has 96 valence electrons. The van der Waals surface area contributed by atoms with Crippen molar-refractivity contribution in [2.24, 2.45) is 0 Å². The summed E-state index contributed by atoms with van der Waals surface area (Å²) in [6, 6.07) is 6.70. The van der Waals surface area contributed by atoms with Gasteiger partial charge in [0.2, 0.25) is 0 Å². The number of esters is 3. The van der Waals surface area contributed by atoms with Crippen molar-refractivity contribution in [2.45, 2.75) is 6.92 Å². The third-order valence-corrected chi connectivity index (χ3v) is 2.30. The molecular formula is C14H10O5. The van der Waals surface area contributed by atoms with Crippen molar-refractivity contribution in [3.05, 3.63) is 47.6 Å². The van der Waals surface area contributed by atoms with Crippen LogP contribution >= 0.6 is 0 Å². The summed E-state index contributed by atoms with van der Waals surface area (Å²) in [5.74, 6) is -1.26. The Morgan fingerprint density at radius 2 is 1.84 bits per heavy atom. The van der Waals surface area contributed by atoms with Crippen molar-refractivity contribution in [3.63, 3.8) is 0 Å². The fraction of sp³-hybridized carbons (Fsp3) is 0.0714. The summed E-state index contributed by atoms with van der Waals surface area (Å²) in [5, 5.41) is 0. The Morgan fingerprint density at radius 3 is 2.37 bits per heavy atom. The summed E-state index contributed by atoms with van der Waals surface area (Å²) in [7, 11) is 0. The van der Waals surface area contributed by atoms with Gasteiger partial charge >= 0.3 is 17.9 Å². The Labute approximate surface area is 109 Å². The first-order valence-electron chi connectivity index (χ1n) is 5.49. The standard InChI is InChI=1S/C14H10O5/c1-9(15)18-12-6-3-10(4-7-12)2-5-11-8-13(16)19-14(11)17/h2-8H,1H3/b5-2+. The minimum Gasteiger partial charge on any atom is -0.427 e. The summed E-state index contributed by atoms with van der Waals surface area (Å²) in [4.78, 5) is 32.7. The number of ether oxygens (including phenoxy) is 2. The van der Waals surface area contributed by atoms with Gasteiger partial charge in [-0.1, -0.05) is 18.2 Å². The molecule has 0 radical (unpaired) electrons. The second-order valence-corrected chi connectivity index (χ2v) is 3.80. The number of carbonyl (C=O) groups is 3. The molecule has 0 bridgehead atoms. The van der Waals surface area contributed by atoms with Crippen molar-refractivity contribution in [3.8, 4) is 5.75 Å². The molecule has 1 heterocycles. The summed E-state index contributed by atoms with van der Waals surface area (Å²) in [6.07, 6.45) is 4.28. The maximum atomic E-state index is 11.2. The minimum absolute atomic E-state index is 0.203. The molecule has 0 aromatic heterocycles. The van der Waals surface area contributed by atoms with Crippen molar-refractivity contribution in [2.75, 3.05) is 0 Å². The quantitative estimate of drug-likeness (QED) is 0.468. The molecule has 0 unspecified atom stereocenters. The highest BCUT2D eigenvalue weighted by Gasteiger charge is 2.20. The molecule has 0 saturated carbocycles. The van der Waals surface area contributed by atoms with Crippen LogP contribution in [-0.2, 0) is 19.1 Å². The highest BCUT2D eigenvalue weighted by Crippen LogP contribution is 2.15. The number of hydrogen-bond acceptors (Lipinski definition) is 5. The highest BCUT2D eigenvalue weighted by molar-refractivity contribution is 6.11. The van der Waals surface area contributed by atoms with Gasteiger partial charge < -0.3 is 9.47 Å². The fourth-order valence-corrected chi connectivity index (χ4v) is 1.48. The maximum Gasteiger partial charge on any atom is 0.346 e. The normalized spacial score (nSPS) is 14.5. The molecule has 2 rings (SSSR count). The monoisotopic (exact) mass is 258 g/mol. The van der Waals surface area contributed by atoms with E-state index in [4.69, 9.17) is 4.74 Å². The van der Waals surface area contributed by atoms with Crippen molar-refractivity contribution < 1.29 is 23.9 Å². The molecule has 0 saturated heterocycles. The van der Waals surface area contributed by atoms with E-state index in [0.29, 0.717) is 5.75 Å².